The minimum Gasteiger partial charge on any atom is -0.489 e. The standard InChI is InChI=1S/C51H70N6O10S/c1-4-33-29-51(33,48(60)55-68(62,63)50(2)21-22-50)54-45(58)41-28-37-30-57(41)47(59)43(31-13-7-5-8-14-31)53-49(61)67-42-25-32(42)15-9-6-10-17-39-44(38-16-11-12-18-40(38)52-46(39)66-37)65-36-26-34-19-20-35(27-36)56(34)23-24-64-3/h4,11-12,16,18,31-37,41-43H,1,5-10,13-15,17,19-30H2,2-3H3,(H,53,61)(H,54,58)(H,55,60)/t32-,33-,34?,35?,36?,37-,41+,42-,43+,51-/m1/s1. The van der Waals surface area contributed by atoms with E-state index in [1.54, 1.807) is 20.1 Å². The number of benzene rings is 1. The molecule has 1 aromatic heterocycles. The molecule has 0 spiro atoms. The summed E-state index contributed by atoms with van der Waals surface area (Å²) in [5.74, 6) is -1.11. The lowest BCUT2D eigenvalue weighted by Gasteiger charge is -2.39. The topological polar surface area (TPSA) is 195 Å². The van der Waals surface area contributed by atoms with Crippen LogP contribution >= 0.6 is 0 Å². The molecule has 3 saturated heterocycles. The third-order valence-corrected chi connectivity index (χ3v) is 19.0. The van der Waals surface area contributed by atoms with Crippen molar-refractivity contribution in [2.75, 3.05) is 26.8 Å². The number of sulfonamides is 1. The van der Waals surface area contributed by atoms with E-state index in [0.29, 0.717) is 43.8 Å². The Morgan fingerprint density at radius 1 is 0.956 bits per heavy atom. The van der Waals surface area contributed by atoms with Crippen LogP contribution in [0.2, 0.25) is 0 Å². The van der Waals surface area contributed by atoms with Crippen LogP contribution in [0.3, 0.4) is 0 Å². The number of pyridine rings is 1. The van der Waals surface area contributed by atoms with Crippen molar-refractivity contribution < 1.29 is 46.5 Å². The van der Waals surface area contributed by atoms with Crippen molar-refractivity contribution in [1.82, 2.24) is 30.1 Å². The van der Waals surface area contributed by atoms with Gasteiger partial charge < -0.3 is 34.5 Å². The maximum atomic E-state index is 15.2. The summed E-state index contributed by atoms with van der Waals surface area (Å²) in [7, 11) is -2.27. The smallest absolute Gasteiger partial charge is 0.408 e. The first-order chi connectivity index (χ1) is 32.8. The van der Waals surface area contributed by atoms with Crippen molar-refractivity contribution in [3.05, 3.63) is 42.5 Å². The van der Waals surface area contributed by atoms with Crippen LogP contribution in [-0.2, 0) is 40.3 Å². The second-order valence-electron chi connectivity index (χ2n) is 21.5. The Labute approximate surface area is 400 Å². The van der Waals surface area contributed by atoms with Crippen LogP contribution in [0.25, 0.3) is 10.9 Å². The Morgan fingerprint density at radius 2 is 1.68 bits per heavy atom. The SMILES string of the molecule is C=C[C@@H]1C[C@]1(NC(=O)[C@@H]1C[C@@H]2CN1C(=O)[C@H](C1CCCCC1)NC(=O)O[C@@H]1C[C@H]1CCCCCc1c(nc3ccccc3c1OC1CC3CCC(C1)N3CCOC)O2)C(=O)NS(=O)(=O)C1(C)CC1. The highest BCUT2D eigenvalue weighted by Gasteiger charge is 2.63. The lowest BCUT2D eigenvalue weighted by Crippen LogP contribution is -2.59. The van der Waals surface area contributed by atoms with Gasteiger partial charge in [0.1, 0.15) is 41.7 Å². The van der Waals surface area contributed by atoms with Gasteiger partial charge in [-0.1, -0.05) is 50.3 Å². The molecule has 16 nitrogen and oxygen atoms in total. The van der Waals surface area contributed by atoms with Crippen LogP contribution < -0.4 is 24.8 Å². The van der Waals surface area contributed by atoms with E-state index < -0.39 is 68.2 Å². The molecule has 370 valence electrons. The molecule has 5 heterocycles. The van der Waals surface area contributed by atoms with Crippen molar-refractivity contribution in [3.8, 4) is 11.6 Å². The predicted octanol–water partition coefficient (Wildman–Crippen LogP) is 5.84. The van der Waals surface area contributed by atoms with Gasteiger partial charge in [-0.15, -0.1) is 6.58 Å². The Hall–Kier alpha value is -4.48. The van der Waals surface area contributed by atoms with Gasteiger partial charge in [0.05, 0.1) is 29.0 Å². The van der Waals surface area contributed by atoms with Crippen LogP contribution in [0.1, 0.15) is 128 Å². The number of carbonyl (C=O) groups excluding carboxylic acids is 4. The minimum atomic E-state index is -4.02. The Balaban J connectivity index is 0.987. The Morgan fingerprint density at radius 3 is 2.38 bits per heavy atom. The molecule has 2 aromatic rings. The number of ether oxygens (including phenoxy) is 4. The molecular weight excluding hydrogens is 889 g/mol. The summed E-state index contributed by atoms with van der Waals surface area (Å²) >= 11 is 0. The van der Waals surface area contributed by atoms with Crippen LogP contribution in [-0.4, -0.2) is 127 Å². The average molecular weight is 959 g/mol. The highest BCUT2D eigenvalue weighted by Crippen LogP contribution is 2.48. The van der Waals surface area contributed by atoms with Crippen LogP contribution in [0.4, 0.5) is 4.79 Å². The number of fused-ring (bicyclic) bond motifs is 7. The zero-order chi connectivity index (χ0) is 47.4. The highest BCUT2D eigenvalue weighted by molar-refractivity contribution is 7.91. The van der Waals surface area contributed by atoms with Crippen molar-refractivity contribution in [2.24, 2.45) is 17.8 Å². The molecule has 4 aliphatic carbocycles. The van der Waals surface area contributed by atoms with E-state index in [1.165, 1.54) is 4.90 Å². The van der Waals surface area contributed by atoms with E-state index in [-0.39, 0.29) is 43.4 Å². The molecule has 1 aromatic carbocycles. The van der Waals surface area contributed by atoms with Gasteiger partial charge in [-0.25, -0.2) is 18.2 Å². The quantitative estimate of drug-likeness (QED) is 0.216. The van der Waals surface area contributed by atoms with Crippen molar-refractivity contribution in [3.63, 3.8) is 0 Å². The van der Waals surface area contributed by atoms with Crippen LogP contribution in [0.5, 0.6) is 11.6 Å². The molecule has 17 heteroatoms. The summed E-state index contributed by atoms with van der Waals surface area (Å²) in [6, 6.07) is 6.73. The van der Waals surface area contributed by atoms with Crippen LogP contribution in [0.15, 0.2) is 36.9 Å². The van der Waals surface area contributed by atoms with Gasteiger partial charge in [0.15, 0.2) is 0 Å². The first-order valence-corrected chi connectivity index (χ1v) is 27.1. The second kappa shape index (κ2) is 19.0. The first-order valence-electron chi connectivity index (χ1n) is 25.6. The summed E-state index contributed by atoms with van der Waals surface area (Å²) < 4.78 is 53.4. The van der Waals surface area contributed by atoms with E-state index >= 15 is 4.79 Å². The highest BCUT2D eigenvalue weighted by atomic mass is 32.2. The maximum Gasteiger partial charge on any atom is 0.408 e. The van der Waals surface area contributed by atoms with E-state index in [4.69, 9.17) is 23.9 Å². The van der Waals surface area contributed by atoms with Crippen molar-refractivity contribution in [1.29, 1.82) is 0 Å². The molecule has 4 amide bonds. The Kier molecular flexibility index (Phi) is 13.2. The number of carbonyl (C=O) groups is 4. The number of para-hydroxylation sites is 1. The summed E-state index contributed by atoms with van der Waals surface area (Å²) in [4.78, 5) is 67.0. The van der Waals surface area contributed by atoms with Crippen LogP contribution in [0, 0.1) is 17.8 Å². The Bertz CT molecular complexity index is 2380. The molecule has 2 unspecified atom stereocenters. The van der Waals surface area contributed by atoms with Gasteiger partial charge in [0.2, 0.25) is 27.7 Å². The van der Waals surface area contributed by atoms with E-state index in [1.807, 2.05) is 18.2 Å². The molecule has 0 radical (unpaired) electrons. The normalized spacial score (nSPS) is 33.9. The number of piperidine rings is 1. The second-order valence-corrected chi connectivity index (χ2v) is 23.7. The molecule has 4 saturated carbocycles. The number of hydrogen-bond donors (Lipinski definition) is 3. The molecule has 68 heavy (non-hydrogen) atoms. The van der Waals surface area contributed by atoms with Crippen molar-refractivity contribution >= 4 is 44.7 Å². The zero-order valence-electron chi connectivity index (χ0n) is 39.8. The molecule has 4 aliphatic heterocycles. The number of amides is 4. The number of hydrogen-bond acceptors (Lipinski definition) is 12. The number of nitrogens with one attached hydrogen (secondary N) is 3. The number of alkyl carbamates (subject to hydrolysis) is 1. The molecule has 8 aliphatic rings. The molecule has 7 fully saturated rings. The van der Waals surface area contributed by atoms with E-state index in [9.17, 15) is 22.8 Å². The van der Waals surface area contributed by atoms with Gasteiger partial charge in [0.25, 0.3) is 5.91 Å². The summed E-state index contributed by atoms with van der Waals surface area (Å²) in [5, 5.41) is 6.82. The number of aromatic nitrogens is 1. The molecule has 4 bridgehead atoms. The monoisotopic (exact) mass is 958 g/mol. The fraction of sp³-hybridized carbons (Fsp3) is 0.706. The number of nitrogens with zero attached hydrogens (tertiary/aromatic N) is 3. The molecule has 9 atom stereocenters. The van der Waals surface area contributed by atoms with Crippen molar-refractivity contribution in [2.45, 2.75) is 182 Å². The lowest BCUT2D eigenvalue weighted by molar-refractivity contribution is -0.142. The maximum absolute atomic E-state index is 15.2. The van der Waals surface area contributed by atoms with Gasteiger partial charge in [-0.2, -0.15) is 0 Å². The lowest BCUT2D eigenvalue weighted by atomic mass is 9.83. The molecular formula is C51H70N6O10S. The van der Waals surface area contributed by atoms with Gasteiger partial charge in [0, 0.05) is 43.5 Å². The fourth-order valence-corrected chi connectivity index (χ4v) is 13.5. The zero-order valence-corrected chi connectivity index (χ0v) is 40.6. The van der Waals surface area contributed by atoms with E-state index in [2.05, 4.69) is 32.9 Å². The fourth-order valence-electron chi connectivity index (χ4n) is 12.2. The number of rotatable bonds is 12. The average Bonchev–Trinajstić information content (AvgIpc) is 4.29. The van der Waals surface area contributed by atoms with Gasteiger partial charge in [-0.05, 0) is 114 Å². The predicted molar refractivity (Wildman–Crippen MR) is 253 cm³/mol. The number of methoxy groups -OCH3 is 1. The van der Waals surface area contributed by atoms with Gasteiger partial charge >= 0.3 is 6.09 Å². The third-order valence-electron chi connectivity index (χ3n) is 16.9. The molecule has 3 N–H and O–H groups in total. The minimum absolute atomic E-state index is 0.00546. The van der Waals surface area contributed by atoms with E-state index in [0.717, 1.165) is 119 Å². The first kappa shape index (κ1) is 47.2. The summed E-state index contributed by atoms with van der Waals surface area (Å²) in [6.07, 6.45) is 14.6. The summed E-state index contributed by atoms with van der Waals surface area (Å²) in [6.45, 7) is 7.09. The molecule has 10 rings (SSSR count). The third kappa shape index (κ3) is 9.44. The summed E-state index contributed by atoms with van der Waals surface area (Å²) in [5.41, 5.74) is 0.0235. The largest absolute Gasteiger partial charge is 0.489 e. The van der Waals surface area contributed by atoms with Gasteiger partial charge in [-0.3, -0.25) is 24.0 Å².